The summed E-state index contributed by atoms with van der Waals surface area (Å²) in [6, 6.07) is 1.28. The number of hydrogen-bond acceptors (Lipinski definition) is 2. The van der Waals surface area contributed by atoms with Crippen LogP contribution in [0, 0.1) is 0 Å². The number of hydrogen-bond donors (Lipinski definition) is 2. The van der Waals surface area contributed by atoms with Gasteiger partial charge in [0.2, 0.25) is 0 Å². The molecule has 0 aliphatic rings. The molecule has 15 heavy (non-hydrogen) atoms. The highest BCUT2D eigenvalue weighted by atomic mass is 14.9. The monoisotopic (exact) mass is 214 g/mol. The van der Waals surface area contributed by atoms with Gasteiger partial charge < -0.3 is 10.6 Å². The van der Waals surface area contributed by atoms with Crippen LogP contribution in [0.1, 0.15) is 59.8 Å². The Hall–Kier alpha value is -0.0800. The van der Waals surface area contributed by atoms with Crippen molar-refractivity contribution in [3.63, 3.8) is 0 Å². The third kappa shape index (κ3) is 13.9. The fraction of sp³-hybridized carbons (Fsp3) is 1.00. The van der Waals surface area contributed by atoms with E-state index in [1.54, 1.807) is 0 Å². The average Bonchev–Trinajstić information content (AvgIpc) is 2.14. The molecule has 0 heterocycles. The van der Waals surface area contributed by atoms with Crippen LogP contribution in [-0.2, 0) is 0 Å². The van der Waals surface area contributed by atoms with Gasteiger partial charge in [0.15, 0.2) is 0 Å². The SMILES string of the molecule is CC(C)NCCCCCCCNC(C)C. The summed E-state index contributed by atoms with van der Waals surface area (Å²) in [5.74, 6) is 0. The highest BCUT2D eigenvalue weighted by Crippen LogP contribution is 2.01. The molecule has 0 saturated carbocycles. The Morgan fingerprint density at radius 2 is 0.933 bits per heavy atom. The minimum Gasteiger partial charge on any atom is -0.315 e. The maximum atomic E-state index is 3.45. The van der Waals surface area contributed by atoms with Crippen molar-refractivity contribution >= 4 is 0 Å². The van der Waals surface area contributed by atoms with Gasteiger partial charge in [-0.3, -0.25) is 0 Å². The van der Waals surface area contributed by atoms with Crippen LogP contribution in [0.15, 0.2) is 0 Å². The smallest absolute Gasteiger partial charge is 0.00103 e. The standard InChI is InChI=1S/C13H30N2/c1-12(2)14-10-8-6-5-7-9-11-15-13(3)4/h12-15H,5-11H2,1-4H3. The summed E-state index contributed by atoms with van der Waals surface area (Å²) in [6.07, 6.45) is 6.80. The summed E-state index contributed by atoms with van der Waals surface area (Å²) in [6.45, 7) is 11.2. The predicted octanol–water partition coefficient (Wildman–Crippen LogP) is 2.93. The van der Waals surface area contributed by atoms with E-state index in [9.17, 15) is 0 Å². The van der Waals surface area contributed by atoms with E-state index in [4.69, 9.17) is 0 Å². The third-order valence-electron chi connectivity index (χ3n) is 2.46. The van der Waals surface area contributed by atoms with E-state index in [0.717, 1.165) is 0 Å². The molecule has 0 amide bonds. The number of rotatable bonds is 10. The molecule has 0 atom stereocenters. The average molecular weight is 214 g/mol. The third-order valence-corrected chi connectivity index (χ3v) is 2.46. The Kier molecular flexibility index (Phi) is 10.4. The normalized spacial score (nSPS) is 11.6. The molecule has 0 fully saturated rings. The molecule has 0 aromatic carbocycles. The van der Waals surface area contributed by atoms with Crippen molar-refractivity contribution < 1.29 is 0 Å². The van der Waals surface area contributed by atoms with E-state index < -0.39 is 0 Å². The van der Waals surface area contributed by atoms with Gasteiger partial charge in [0.25, 0.3) is 0 Å². The van der Waals surface area contributed by atoms with Crippen molar-refractivity contribution in [1.29, 1.82) is 0 Å². The second-order valence-electron chi connectivity index (χ2n) is 4.99. The molecule has 0 unspecified atom stereocenters. The van der Waals surface area contributed by atoms with Crippen LogP contribution in [-0.4, -0.2) is 25.2 Å². The second kappa shape index (κ2) is 10.4. The maximum Gasteiger partial charge on any atom is 0.00103 e. The molecule has 0 bridgehead atoms. The zero-order chi connectivity index (χ0) is 11.5. The fourth-order valence-corrected chi connectivity index (χ4v) is 1.56. The zero-order valence-corrected chi connectivity index (χ0v) is 11.1. The first kappa shape index (κ1) is 14.9. The lowest BCUT2D eigenvalue weighted by Gasteiger charge is -2.08. The predicted molar refractivity (Wildman–Crippen MR) is 69.4 cm³/mol. The molecular weight excluding hydrogens is 184 g/mol. The molecule has 0 radical (unpaired) electrons. The van der Waals surface area contributed by atoms with Crippen LogP contribution in [0.4, 0.5) is 0 Å². The molecule has 0 spiro atoms. The quantitative estimate of drug-likeness (QED) is 0.546. The van der Waals surface area contributed by atoms with E-state index >= 15 is 0 Å². The van der Waals surface area contributed by atoms with E-state index in [2.05, 4.69) is 38.3 Å². The van der Waals surface area contributed by atoms with E-state index in [0.29, 0.717) is 12.1 Å². The second-order valence-corrected chi connectivity index (χ2v) is 4.99. The molecule has 2 N–H and O–H groups in total. The topological polar surface area (TPSA) is 24.1 Å². The molecule has 0 aromatic rings. The lowest BCUT2D eigenvalue weighted by molar-refractivity contribution is 0.517. The van der Waals surface area contributed by atoms with Crippen LogP contribution in [0.3, 0.4) is 0 Å². The summed E-state index contributed by atoms with van der Waals surface area (Å²) in [5.41, 5.74) is 0. The summed E-state index contributed by atoms with van der Waals surface area (Å²) in [4.78, 5) is 0. The Labute approximate surface area is 96.2 Å². The summed E-state index contributed by atoms with van der Waals surface area (Å²) in [7, 11) is 0. The van der Waals surface area contributed by atoms with Crippen molar-refractivity contribution in [2.45, 2.75) is 71.9 Å². The van der Waals surface area contributed by atoms with Gasteiger partial charge in [-0.15, -0.1) is 0 Å². The van der Waals surface area contributed by atoms with Crippen molar-refractivity contribution in [3.8, 4) is 0 Å². The van der Waals surface area contributed by atoms with E-state index in [1.165, 1.54) is 45.2 Å². The molecule has 0 aliphatic carbocycles. The number of unbranched alkanes of at least 4 members (excludes halogenated alkanes) is 4. The first-order valence-electron chi connectivity index (χ1n) is 6.59. The van der Waals surface area contributed by atoms with E-state index in [1.807, 2.05) is 0 Å². The van der Waals surface area contributed by atoms with Gasteiger partial charge in [0.05, 0.1) is 0 Å². The Morgan fingerprint density at radius 1 is 0.600 bits per heavy atom. The highest BCUT2D eigenvalue weighted by Gasteiger charge is 1.94. The Morgan fingerprint density at radius 3 is 1.27 bits per heavy atom. The van der Waals surface area contributed by atoms with Crippen LogP contribution in [0.25, 0.3) is 0 Å². The lowest BCUT2D eigenvalue weighted by atomic mass is 10.1. The van der Waals surface area contributed by atoms with Gasteiger partial charge in [-0.1, -0.05) is 47.0 Å². The highest BCUT2D eigenvalue weighted by molar-refractivity contribution is 4.55. The van der Waals surface area contributed by atoms with Gasteiger partial charge in [0, 0.05) is 12.1 Å². The molecule has 2 nitrogen and oxygen atoms in total. The minimum absolute atomic E-state index is 0.639. The van der Waals surface area contributed by atoms with Crippen molar-refractivity contribution in [2.24, 2.45) is 0 Å². The van der Waals surface area contributed by atoms with Crippen molar-refractivity contribution in [1.82, 2.24) is 10.6 Å². The molecule has 0 aliphatic heterocycles. The van der Waals surface area contributed by atoms with Crippen molar-refractivity contribution in [3.05, 3.63) is 0 Å². The van der Waals surface area contributed by atoms with Gasteiger partial charge in [0.1, 0.15) is 0 Å². The van der Waals surface area contributed by atoms with Crippen LogP contribution >= 0.6 is 0 Å². The molecule has 0 saturated heterocycles. The maximum absolute atomic E-state index is 3.45. The Balaban J connectivity index is 2.93. The summed E-state index contributed by atoms with van der Waals surface area (Å²) >= 11 is 0. The Bertz CT molecular complexity index is 108. The van der Waals surface area contributed by atoms with Crippen LogP contribution < -0.4 is 10.6 Å². The largest absolute Gasteiger partial charge is 0.315 e. The molecule has 2 heteroatoms. The first-order valence-corrected chi connectivity index (χ1v) is 6.59. The molecule has 92 valence electrons. The minimum atomic E-state index is 0.639. The van der Waals surface area contributed by atoms with Gasteiger partial charge >= 0.3 is 0 Å². The van der Waals surface area contributed by atoms with Crippen molar-refractivity contribution in [2.75, 3.05) is 13.1 Å². The van der Waals surface area contributed by atoms with Gasteiger partial charge in [-0.05, 0) is 25.9 Å². The lowest BCUT2D eigenvalue weighted by Crippen LogP contribution is -2.24. The summed E-state index contributed by atoms with van der Waals surface area (Å²) in [5, 5.41) is 6.90. The molecular formula is C13H30N2. The van der Waals surface area contributed by atoms with Gasteiger partial charge in [-0.2, -0.15) is 0 Å². The number of nitrogens with one attached hydrogen (secondary N) is 2. The van der Waals surface area contributed by atoms with E-state index in [-0.39, 0.29) is 0 Å². The molecule has 0 rings (SSSR count). The first-order chi connectivity index (χ1) is 7.13. The van der Waals surface area contributed by atoms with Crippen LogP contribution in [0.5, 0.6) is 0 Å². The van der Waals surface area contributed by atoms with Gasteiger partial charge in [-0.25, -0.2) is 0 Å². The van der Waals surface area contributed by atoms with Crippen LogP contribution in [0.2, 0.25) is 0 Å². The summed E-state index contributed by atoms with van der Waals surface area (Å²) < 4.78 is 0. The fourth-order valence-electron chi connectivity index (χ4n) is 1.56. The zero-order valence-electron chi connectivity index (χ0n) is 11.1. The molecule has 0 aromatic heterocycles.